The maximum Gasteiger partial charge on any atom is 0.256 e. The van der Waals surface area contributed by atoms with Crippen LogP contribution in [-0.4, -0.2) is 28.8 Å². The van der Waals surface area contributed by atoms with Gasteiger partial charge in [0.15, 0.2) is 6.10 Å². The quantitative estimate of drug-likeness (QED) is 0.637. The third-order valence-corrected chi connectivity index (χ3v) is 3.54. The SMILES string of the molecule is C[C@]1([N+](=O)[O-])[C@@H](CO)CO[C@@H]1c1ccccc1. The van der Waals surface area contributed by atoms with E-state index in [0.717, 1.165) is 5.56 Å². The summed E-state index contributed by atoms with van der Waals surface area (Å²) in [5.74, 6) is -0.470. The van der Waals surface area contributed by atoms with E-state index in [1.807, 2.05) is 30.3 Å². The van der Waals surface area contributed by atoms with Crippen molar-refractivity contribution >= 4 is 0 Å². The van der Waals surface area contributed by atoms with Crippen LogP contribution in [0.25, 0.3) is 0 Å². The van der Waals surface area contributed by atoms with Crippen LogP contribution < -0.4 is 0 Å². The van der Waals surface area contributed by atoms with Gasteiger partial charge in [0.2, 0.25) is 0 Å². The van der Waals surface area contributed by atoms with Crippen LogP contribution in [0.3, 0.4) is 0 Å². The van der Waals surface area contributed by atoms with Crippen LogP contribution in [0.1, 0.15) is 18.6 Å². The van der Waals surface area contributed by atoms with Crippen molar-refractivity contribution in [2.45, 2.75) is 18.6 Å². The van der Waals surface area contributed by atoms with Gasteiger partial charge in [-0.15, -0.1) is 0 Å². The number of nitrogens with zero attached hydrogens (tertiary/aromatic N) is 1. The second-order valence-electron chi connectivity index (χ2n) is 4.49. The van der Waals surface area contributed by atoms with Crippen LogP contribution in [0.2, 0.25) is 0 Å². The molecule has 0 bridgehead atoms. The molecule has 5 nitrogen and oxygen atoms in total. The molecule has 1 aliphatic rings. The van der Waals surface area contributed by atoms with Gasteiger partial charge in [-0.3, -0.25) is 10.1 Å². The molecule has 1 N–H and O–H groups in total. The third kappa shape index (κ3) is 1.81. The Morgan fingerprint density at radius 3 is 2.71 bits per heavy atom. The molecule has 0 aromatic heterocycles. The van der Waals surface area contributed by atoms with Gasteiger partial charge in [0.25, 0.3) is 5.54 Å². The minimum absolute atomic E-state index is 0.216. The van der Waals surface area contributed by atoms with Crippen LogP contribution in [0, 0.1) is 16.0 Å². The zero-order valence-corrected chi connectivity index (χ0v) is 9.57. The number of benzene rings is 1. The molecule has 0 spiro atoms. The van der Waals surface area contributed by atoms with Gasteiger partial charge in [-0.05, 0) is 5.56 Å². The van der Waals surface area contributed by atoms with E-state index in [-0.39, 0.29) is 18.1 Å². The van der Waals surface area contributed by atoms with Crippen molar-refractivity contribution in [3.05, 3.63) is 46.0 Å². The second kappa shape index (κ2) is 4.43. The first kappa shape index (κ1) is 12.0. The first-order chi connectivity index (χ1) is 8.10. The van der Waals surface area contributed by atoms with E-state index in [9.17, 15) is 15.2 Å². The Bertz CT molecular complexity index is 408. The van der Waals surface area contributed by atoms with E-state index in [1.54, 1.807) is 6.92 Å². The smallest absolute Gasteiger partial charge is 0.256 e. The zero-order chi connectivity index (χ0) is 12.5. The number of rotatable bonds is 3. The molecule has 17 heavy (non-hydrogen) atoms. The van der Waals surface area contributed by atoms with Crippen molar-refractivity contribution in [3.8, 4) is 0 Å². The Balaban J connectivity index is 2.39. The van der Waals surface area contributed by atoms with Gasteiger partial charge in [0.1, 0.15) is 0 Å². The lowest BCUT2D eigenvalue weighted by atomic mass is 9.82. The van der Waals surface area contributed by atoms with Crippen LogP contribution in [-0.2, 0) is 4.74 Å². The van der Waals surface area contributed by atoms with Crippen molar-refractivity contribution in [3.63, 3.8) is 0 Å². The zero-order valence-electron chi connectivity index (χ0n) is 9.57. The highest BCUT2D eigenvalue weighted by atomic mass is 16.6. The van der Waals surface area contributed by atoms with Gasteiger partial charge >= 0.3 is 0 Å². The topological polar surface area (TPSA) is 72.6 Å². The molecule has 0 saturated carbocycles. The van der Waals surface area contributed by atoms with E-state index >= 15 is 0 Å². The average Bonchev–Trinajstić information content (AvgIpc) is 2.68. The monoisotopic (exact) mass is 237 g/mol. The summed E-state index contributed by atoms with van der Waals surface area (Å²) < 4.78 is 5.52. The first-order valence-corrected chi connectivity index (χ1v) is 5.52. The Morgan fingerprint density at radius 1 is 1.53 bits per heavy atom. The number of nitro groups is 1. The van der Waals surface area contributed by atoms with E-state index in [4.69, 9.17) is 4.74 Å². The van der Waals surface area contributed by atoms with Crippen LogP contribution in [0.15, 0.2) is 30.3 Å². The Morgan fingerprint density at radius 2 is 2.18 bits per heavy atom. The van der Waals surface area contributed by atoms with Crippen molar-refractivity contribution < 1.29 is 14.8 Å². The molecule has 1 fully saturated rings. The average molecular weight is 237 g/mol. The molecule has 1 aromatic rings. The van der Waals surface area contributed by atoms with Gasteiger partial charge in [-0.2, -0.15) is 0 Å². The van der Waals surface area contributed by atoms with Crippen molar-refractivity contribution in [2.75, 3.05) is 13.2 Å². The van der Waals surface area contributed by atoms with Gasteiger partial charge in [0.05, 0.1) is 19.1 Å². The largest absolute Gasteiger partial charge is 0.396 e. The van der Waals surface area contributed by atoms with Crippen LogP contribution in [0.5, 0.6) is 0 Å². The van der Waals surface area contributed by atoms with E-state index in [0.29, 0.717) is 0 Å². The van der Waals surface area contributed by atoms with Crippen molar-refractivity contribution in [1.29, 1.82) is 0 Å². The van der Waals surface area contributed by atoms with Crippen molar-refractivity contribution in [1.82, 2.24) is 0 Å². The van der Waals surface area contributed by atoms with Gasteiger partial charge < -0.3 is 9.84 Å². The number of hydrogen-bond donors (Lipinski definition) is 1. The number of ether oxygens (including phenoxy) is 1. The summed E-state index contributed by atoms with van der Waals surface area (Å²) in [5, 5.41) is 20.5. The predicted octanol–water partition coefficient (Wildman–Crippen LogP) is 1.40. The lowest BCUT2D eigenvalue weighted by Gasteiger charge is -2.25. The highest BCUT2D eigenvalue weighted by molar-refractivity contribution is 5.22. The van der Waals surface area contributed by atoms with Crippen LogP contribution in [0.4, 0.5) is 0 Å². The number of hydrogen-bond acceptors (Lipinski definition) is 4. The van der Waals surface area contributed by atoms with E-state index < -0.39 is 17.6 Å². The summed E-state index contributed by atoms with van der Waals surface area (Å²) in [7, 11) is 0. The molecule has 0 unspecified atom stereocenters. The molecule has 0 radical (unpaired) electrons. The molecule has 5 heteroatoms. The normalized spacial score (nSPS) is 32.6. The van der Waals surface area contributed by atoms with E-state index in [2.05, 4.69) is 0 Å². The molecule has 1 heterocycles. The van der Waals surface area contributed by atoms with Gasteiger partial charge in [-0.25, -0.2) is 0 Å². The minimum Gasteiger partial charge on any atom is -0.396 e. The number of aliphatic hydroxyl groups is 1. The van der Waals surface area contributed by atoms with Crippen molar-refractivity contribution in [2.24, 2.45) is 5.92 Å². The molecular formula is C12H15NO4. The summed E-state index contributed by atoms with van der Waals surface area (Å²) in [5.41, 5.74) is -0.488. The molecule has 2 rings (SSSR count). The molecule has 3 atom stereocenters. The summed E-state index contributed by atoms with van der Waals surface area (Å²) in [4.78, 5) is 11.0. The summed E-state index contributed by atoms with van der Waals surface area (Å²) in [6.07, 6.45) is -0.601. The molecule has 0 aliphatic carbocycles. The summed E-state index contributed by atoms with van der Waals surface area (Å²) >= 11 is 0. The number of aliphatic hydroxyl groups excluding tert-OH is 1. The Kier molecular flexibility index (Phi) is 3.13. The fourth-order valence-electron chi connectivity index (χ4n) is 2.31. The lowest BCUT2D eigenvalue weighted by Crippen LogP contribution is -2.45. The first-order valence-electron chi connectivity index (χ1n) is 5.52. The Hall–Kier alpha value is -1.46. The molecule has 1 aromatic carbocycles. The third-order valence-electron chi connectivity index (χ3n) is 3.54. The lowest BCUT2D eigenvalue weighted by molar-refractivity contribution is -0.580. The Labute approximate surface area is 99.2 Å². The summed E-state index contributed by atoms with van der Waals surface area (Å²) in [6.45, 7) is 1.52. The highest BCUT2D eigenvalue weighted by Gasteiger charge is 2.58. The molecule has 92 valence electrons. The maximum atomic E-state index is 11.3. The molecule has 1 saturated heterocycles. The van der Waals surface area contributed by atoms with Gasteiger partial charge in [0, 0.05) is 11.8 Å². The van der Waals surface area contributed by atoms with Crippen LogP contribution >= 0.6 is 0 Å². The fourth-order valence-corrected chi connectivity index (χ4v) is 2.31. The minimum atomic E-state index is -1.27. The standard InChI is InChI=1S/C12H15NO4/c1-12(13(15)16)10(7-14)8-17-11(12)9-5-3-2-4-6-9/h2-6,10-11,14H,7-8H2,1H3/t10-,11+,12-/m0/s1. The van der Waals surface area contributed by atoms with Gasteiger partial charge in [-0.1, -0.05) is 30.3 Å². The molecule has 1 aliphatic heterocycles. The fraction of sp³-hybridized carbons (Fsp3) is 0.500. The molecular weight excluding hydrogens is 222 g/mol. The maximum absolute atomic E-state index is 11.3. The second-order valence-corrected chi connectivity index (χ2v) is 4.49. The highest BCUT2D eigenvalue weighted by Crippen LogP contribution is 2.43. The predicted molar refractivity (Wildman–Crippen MR) is 61.1 cm³/mol. The molecule has 0 amide bonds. The summed E-state index contributed by atoms with van der Waals surface area (Å²) in [6, 6.07) is 9.13. The van der Waals surface area contributed by atoms with E-state index in [1.165, 1.54) is 0 Å².